The Morgan fingerprint density at radius 3 is 3.12 bits per heavy atom. The predicted molar refractivity (Wildman–Crippen MR) is 80.2 cm³/mol. The topological polar surface area (TPSA) is 12.0 Å². The molecule has 0 amide bonds. The molecule has 0 saturated carbocycles. The van der Waals surface area contributed by atoms with Crippen LogP contribution in [-0.2, 0) is 6.54 Å². The Kier molecular flexibility index (Phi) is 3.86. The van der Waals surface area contributed by atoms with Crippen LogP contribution < -0.4 is 5.32 Å². The van der Waals surface area contributed by atoms with Gasteiger partial charge in [-0.1, -0.05) is 6.07 Å². The molecule has 1 saturated heterocycles. The van der Waals surface area contributed by atoms with Crippen LogP contribution in [0.15, 0.2) is 29.0 Å². The van der Waals surface area contributed by atoms with Crippen LogP contribution in [0.5, 0.6) is 0 Å². The quantitative estimate of drug-likeness (QED) is 0.906. The summed E-state index contributed by atoms with van der Waals surface area (Å²) in [5, 5.41) is 8.06. The van der Waals surface area contributed by atoms with Crippen molar-refractivity contribution in [3.8, 4) is 10.4 Å². The lowest BCUT2D eigenvalue weighted by Crippen LogP contribution is -2.27. The Hall–Kier alpha value is -0.290. The van der Waals surface area contributed by atoms with Gasteiger partial charge in [-0.2, -0.15) is 11.8 Å². The minimum Gasteiger partial charge on any atom is -0.308 e. The van der Waals surface area contributed by atoms with Crippen molar-refractivity contribution in [3.63, 3.8) is 0 Å². The van der Waals surface area contributed by atoms with Gasteiger partial charge in [0.05, 0.1) is 0 Å². The summed E-state index contributed by atoms with van der Waals surface area (Å²) in [5.41, 5.74) is 1.38. The second-order valence-electron chi connectivity index (χ2n) is 4.22. The lowest BCUT2D eigenvalue weighted by Gasteiger charge is -2.09. The molecule has 0 radical (unpaired) electrons. The van der Waals surface area contributed by atoms with Crippen LogP contribution in [0.25, 0.3) is 10.4 Å². The third kappa shape index (κ3) is 2.94. The molecule has 90 valence electrons. The molecule has 0 spiro atoms. The average Bonchev–Trinajstić information content (AvgIpc) is 3.09. The SMILES string of the molecule is c1csc(-c2csc(CNC3CCSC3)c2)c1. The second-order valence-corrected chi connectivity index (χ2v) is 7.31. The largest absolute Gasteiger partial charge is 0.308 e. The van der Waals surface area contributed by atoms with E-state index in [0.29, 0.717) is 0 Å². The number of hydrogen-bond donors (Lipinski definition) is 1. The summed E-state index contributed by atoms with van der Waals surface area (Å²) in [6.45, 7) is 1.03. The first-order chi connectivity index (χ1) is 8.42. The average molecular weight is 281 g/mol. The normalized spacial score (nSPS) is 19.9. The van der Waals surface area contributed by atoms with Crippen molar-refractivity contribution in [1.82, 2.24) is 5.32 Å². The van der Waals surface area contributed by atoms with Crippen molar-refractivity contribution in [2.75, 3.05) is 11.5 Å². The van der Waals surface area contributed by atoms with Gasteiger partial charge in [-0.25, -0.2) is 0 Å². The minimum absolute atomic E-state index is 0.729. The lowest BCUT2D eigenvalue weighted by atomic mass is 10.2. The molecule has 1 fully saturated rings. The maximum atomic E-state index is 3.65. The van der Waals surface area contributed by atoms with Gasteiger partial charge in [-0.3, -0.25) is 0 Å². The van der Waals surface area contributed by atoms with E-state index < -0.39 is 0 Å². The summed E-state index contributed by atoms with van der Waals surface area (Å²) < 4.78 is 0. The van der Waals surface area contributed by atoms with E-state index in [2.05, 4.69) is 46.0 Å². The van der Waals surface area contributed by atoms with Gasteiger partial charge in [-0.15, -0.1) is 22.7 Å². The number of nitrogens with one attached hydrogen (secondary N) is 1. The van der Waals surface area contributed by atoms with Crippen molar-refractivity contribution < 1.29 is 0 Å². The van der Waals surface area contributed by atoms with E-state index in [1.54, 1.807) is 0 Å². The summed E-state index contributed by atoms with van der Waals surface area (Å²) in [6.07, 6.45) is 1.33. The summed E-state index contributed by atoms with van der Waals surface area (Å²) >= 11 is 5.75. The first-order valence-corrected chi connectivity index (χ1v) is 8.75. The smallest absolute Gasteiger partial charge is 0.0351 e. The van der Waals surface area contributed by atoms with Gasteiger partial charge in [0.1, 0.15) is 0 Å². The molecule has 1 atom stereocenters. The van der Waals surface area contributed by atoms with E-state index in [1.165, 1.54) is 33.2 Å². The molecule has 0 bridgehead atoms. The number of thiophene rings is 2. The number of hydrogen-bond acceptors (Lipinski definition) is 4. The highest BCUT2D eigenvalue weighted by molar-refractivity contribution is 7.99. The molecule has 1 N–H and O–H groups in total. The zero-order chi connectivity index (χ0) is 11.5. The van der Waals surface area contributed by atoms with E-state index in [9.17, 15) is 0 Å². The highest BCUT2D eigenvalue weighted by Crippen LogP contribution is 2.29. The van der Waals surface area contributed by atoms with Crippen LogP contribution in [0.3, 0.4) is 0 Å². The summed E-state index contributed by atoms with van der Waals surface area (Å²) in [6, 6.07) is 7.36. The van der Waals surface area contributed by atoms with Gasteiger partial charge in [0.15, 0.2) is 0 Å². The van der Waals surface area contributed by atoms with E-state index in [0.717, 1.165) is 12.6 Å². The van der Waals surface area contributed by atoms with Gasteiger partial charge in [0, 0.05) is 33.7 Å². The van der Waals surface area contributed by atoms with E-state index in [1.807, 2.05) is 22.7 Å². The molecule has 2 aromatic heterocycles. The Labute approximate surface area is 114 Å². The number of rotatable bonds is 4. The summed E-state index contributed by atoms with van der Waals surface area (Å²) in [5.74, 6) is 2.60. The monoisotopic (exact) mass is 281 g/mol. The minimum atomic E-state index is 0.729. The molecule has 3 rings (SSSR count). The van der Waals surface area contributed by atoms with E-state index in [4.69, 9.17) is 0 Å². The Bertz CT molecular complexity index is 455. The standard InChI is InChI=1S/C13H15NS3/c1-2-13(16-4-1)10-6-12(17-8-10)7-14-11-3-5-15-9-11/h1-2,4,6,8,11,14H,3,5,7,9H2. The van der Waals surface area contributed by atoms with Crippen LogP contribution >= 0.6 is 34.4 Å². The molecule has 1 nitrogen and oxygen atoms in total. The fourth-order valence-electron chi connectivity index (χ4n) is 1.99. The van der Waals surface area contributed by atoms with Crippen LogP contribution in [0.4, 0.5) is 0 Å². The third-order valence-corrected chi connectivity index (χ3v) is 5.97. The van der Waals surface area contributed by atoms with Crippen LogP contribution in [0, 0.1) is 0 Å². The van der Waals surface area contributed by atoms with Gasteiger partial charge >= 0.3 is 0 Å². The predicted octanol–water partition coefficient (Wildman–Crippen LogP) is 4.07. The molecule has 0 aliphatic carbocycles. The molecule has 4 heteroatoms. The molecule has 1 unspecified atom stereocenters. The van der Waals surface area contributed by atoms with Crippen LogP contribution in [0.2, 0.25) is 0 Å². The van der Waals surface area contributed by atoms with Crippen molar-refractivity contribution in [2.24, 2.45) is 0 Å². The Balaban J connectivity index is 1.60. The van der Waals surface area contributed by atoms with E-state index >= 15 is 0 Å². The molecular formula is C13H15NS3. The maximum Gasteiger partial charge on any atom is 0.0351 e. The van der Waals surface area contributed by atoms with E-state index in [-0.39, 0.29) is 0 Å². The number of thioether (sulfide) groups is 1. The van der Waals surface area contributed by atoms with Gasteiger partial charge in [0.25, 0.3) is 0 Å². The summed E-state index contributed by atoms with van der Waals surface area (Å²) in [4.78, 5) is 2.83. The highest BCUT2D eigenvalue weighted by Gasteiger charge is 2.14. The molecule has 3 heterocycles. The molecule has 17 heavy (non-hydrogen) atoms. The fourth-order valence-corrected chi connectivity index (χ4v) is 4.80. The molecule has 1 aliphatic heterocycles. The molecular weight excluding hydrogens is 266 g/mol. The van der Waals surface area contributed by atoms with Crippen molar-refractivity contribution in [3.05, 3.63) is 33.8 Å². The molecule has 0 aromatic carbocycles. The lowest BCUT2D eigenvalue weighted by molar-refractivity contribution is 0.561. The first-order valence-electron chi connectivity index (χ1n) is 5.84. The first kappa shape index (κ1) is 11.8. The van der Waals surface area contributed by atoms with Crippen LogP contribution in [0.1, 0.15) is 11.3 Å². The maximum absolute atomic E-state index is 3.65. The zero-order valence-corrected chi connectivity index (χ0v) is 12.0. The summed E-state index contributed by atoms with van der Waals surface area (Å²) in [7, 11) is 0. The Morgan fingerprint density at radius 2 is 2.35 bits per heavy atom. The second kappa shape index (κ2) is 5.57. The third-order valence-electron chi connectivity index (χ3n) is 2.95. The van der Waals surface area contributed by atoms with Gasteiger partial charge in [-0.05, 0) is 35.1 Å². The zero-order valence-electron chi connectivity index (χ0n) is 9.52. The highest BCUT2D eigenvalue weighted by atomic mass is 32.2. The van der Waals surface area contributed by atoms with Crippen molar-refractivity contribution in [2.45, 2.75) is 19.0 Å². The van der Waals surface area contributed by atoms with Crippen molar-refractivity contribution in [1.29, 1.82) is 0 Å². The Morgan fingerprint density at radius 1 is 1.35 bits per heavy atom. The van der Waals surface area contributed by atoms with Gasteiger partial charge in [0.2, 0.25) is 0 Å². The molecule has 1 aliphatic rings. The molecule has 2 aromatic rings. The fraction of sp³-hybridized carbons (Fsp3) is 0.385. The van der Waals surface area contributed by atoms with Crippen LogP contribution in [-0.4, -0.2) is 17.5 Å². The van der Waals surface area contributed by atoms with Crippen molar-refractivity contribution >= 4 is 34.4 Å². The van der Waals surface area contributed by atoms with Gasteiger partial charge < -0.3 is 5.32 Å².